The zero-order valence-corrected chi connectivity index (χ0v) is 12.7. The number of likely N-dealkylation sites (tertiary alicyclic amines) is 1. The molecule has 1 fully saturated rings. The highest BCUT2D eigenvalue weighted by atomic mass is 16.5. The number of carbonyl (C=O) groups excluding carboxylic acids is 1. The van der Waals surface area contributed by atoms with E-state index >= 15 is 0 Å². The van der Waals surface area contributed by atoms with Gasteiger partial charge in [0.15, 0.2) is 0 Å². The van der Waals surface area contributed by atoms with Crippen LogP contribution >= 0.6 is 0 Å². The molecule has 1 aliphatic rings. The highest BCUT2D eigenvalue weighted by Crippen LogP contribution is 2.22. The van der Waals surface area contributed by atoms with Crippen molar-refractivity contribution in [2.75, 3.05) is 13.7 Å². The summed E-state index contributed by atoms with van der Waals surface area (Å²) in [7, 11) is 1.66. The molecule has 0 radical (unpaired) electrons. The Kier molecular flexibility index (Phi) is 4.37. The molecule has 0 N–H and O–H groups in total. The summed E-state index contributed by atoms with van der Waals surface area (Å²) in [5.41, 5.74) is 1.23. The Morgan fingerprint density at radius 1 is 1.36 bits per heavy atom. The Morgan fingerprint density at radius 3 is 2.86 bits per heavy atom. The van der Waals surface area contributed by atoms with Crippen LogP contribution in [-0.2, 0) is 17.8 Å². The third kappa shape index (κ3) is 3.27. The van der Waals surface area contributed by atoms with Gasteiger partial charge in [-0.1, -0.05) is 12.1 Å². The van der Waals surface area contributed by atoms with Crippen molar-refractivity contribution in [2.24, 2.45) is 0 Å². The quantitative estimate of drug-likeness (QED) is 0.840. The summed E-state index contributed by atoms with van der Waals surface area (Å²) in [6.07, 6.45) is 6.02. The van der Waals surface area contributed by atoms with E-state index in [1.54, 1.807) is 18.1 Å². The van der Waals surface area contributed by atoms with Crippen LogP contribution in [-0.4, -0.2) is 45.3 Å². The van der Waals surface area contributed by atoms with Gasteiger partial charge in [0.25, 0.3) is 0 Å². The first kappa shape index (κ1) is 14.6. The Balaban J connectivity index is 1.63. The lowest BCUT2D eigenvalue weighted by Gasteiger charge is -2.25. The maximum atomic E-state index is 12.4. The highest BCUT2D eigenvalue weighted by molar-refractivity contribution is 5.76. The van der Waals surface area contributed by atoms with Crippen molar-refractivity contribution >= 4 is 5.91 Å². The topological polar surface area (TPSA) is 60.2 Å². The van der Waals surface area contributed by atoms with Gasteiger partial charge in [0.1, 0.15) is 24.9 Å². The lowest BCUT2D eigenvalue weighted by Crippen LogP contribution is -2.39. The highest BCUT2D eigenvalue weighted by Gasteiger charge is 2.28. The van der Waals surface area contributed by atoms with Gasteiger partial charge in [-0.3, -0.25) is 4.79 Å². The van der Waals surface area contributed by atoms with E-state index in [0.29, 0.717) is 0 Å². The van der Waals surface area contributed by atoms with Crippen molar-refractivity contribution in [3.63, 3.8) is 0 Å². The lowest BCUT2D eigenvalue weighted by atomic mass is 10.0. The van der Waals surface area contributed by atoms with Crippen molar-refractivity contribution in [1.82, 2.24) is 19.7 Å². The first-order chi connectivity index (χ1) is 10.8. The predicted octanol–water partition coefficient (Wildman–Crippen LogP) is 1.52. The molecule has 0 aliphatic carbocycles. The molecule has 0 spiro atoms. The number of amides is 1. The van der Waals surface area contributed by atoms with Gasteiger partial charge in [-0.15, -0.1) is 0 Å². The van der Waals surface area contributed by atoms with Crippen molar-refractivity contribution in [3.05, 3.63) is 42.5 Å². The molecule has 22 heavy (non-hydrogen) atoms. The second kappa shape index (κ2) is 6.60. The molecule has 2 aromatic rings. The third-order valence-electron chi connectivity index (χ3n) is 4.09. The van der Waals surface area contributed by atoms with Gasteiger partial charge in [-0.2, -0.15) is 5.10 Å². The fraction of sp³-hybridized carbons (Fsp3) is 0.438. The molecule has 1 aliphatic heterocycles. The molecule has 6 nitrogen and oxygen atoms in total. The van der Waals surface area contributed by atoms with Gasteiger partial charge in [-0.05, 0) is 37.0 Å². The van der Waals surface area contributed by atoms with Crippen LogP contribution in [0.15, 0.2) is 36.9 Å². The summed E-state index contributed by atoms with van der Waals surface area (Å²) in [4.78, 5) is 18.3. The van der Waals surface area contributed by atoms with Crippen LogP contribution in [0.4, 0.5) is 0 Å². The fourth-order valence-electron chi connectivity index (χ4n) is 2.95. The summed E-state index contributed by atoms with van der Waals surface area (Å²) in [6.45, 7) is 1.09. The van der Waals surface area contributed by atoms with Crippen molar-refractivity contribution in [1.29, 1.82) is 0 Å². The minimum Gasteiger partial charge on any atom is -0.497 e. The van der Waals surface area contributed by atoms with E-state index in [1.807, 2.05) is 17.0 Å². The van der Waals surface area contributed by atoms with Crippen LogP contribution in [0.2, 0.25) is 0 Å². The zero-order chi connectivity index (χ0) is 15.4. The number of aromatic nitrogens is 3. The van der Waals surface area contributed by atoms with E-state index in [4.69, 9.17) is 4.74 Å². The molecule has 0 saturated carbocycles. The minimum absolute atomic E-state index is 0.113. The molecule has 116 valence electrons. The molecule has 1 aromatic carbocycles. The zero-order valence-electron chi connectivity index (χ0n) is 12.7. The van der Waals surface area contributed by atoms with Gasteiger partial charge in [0, 0.05) is 12.6 Å². The van der Waals surface area contributed by atoms with Crippen LogP contribution < -0.4 is 4.74 Å². The molecule has 1 saturated heterocycles. The summed E-state index contributed by atoms with van der Waals surface area (Å²) in [6, 6.07) is 8.33. The molecule has 1 atom stereocenters. The second-order valence-electron chi connectivity index (χ2n) is 5.53. The van der Waals surface area contributed by atoms with Crippen LogP contribution in [0.1, 0.15) is 18.4 Å². The van der Waals surface area contributed by atoms with Crippen molar-refractivity contribution in [3.8, 4) is 5.75 Å². The number of ether oxygens (including phenoxy) is 1. The molecule has 0 bridgehead atoms. The van der Waals surface area contributed by atoms with E-state index in [9.17, 15) is 4.79 Å². The van der Waals surface area contributed by atoms with Crippen LogP contribution in [0.25, 0.3) is 0 Å². The van der Waals surface area contributed by atoms with Crippen molar-refractivity contribution in [2.45, 2.75) is 31.8 Å². The number of nitrogens with zero attached hydrogens (tertiary/aromatic N) is 4. The molecule has 1 aromatic heterocycles. The van der Waals surface area contributed by atoms with Crippen LogP contribution in [0, 0.1) is 0 Å². The summed E-state index contributed by atoms with van der Waals surface area (Å²) in [5.74, 6) is 0.968. The van der Waals surface area contributed by atoms with E-state index in [-0.39, 0.29) is 18.5 Å². The van der Waals surface area contributed by atoms with Gasteiger partial charge >= 0.3 is 0 Å². The fourth-order valence-corrected chi connectivity index (χ4v) is 2.95. The van der Waals surface area contributed by atoms with E-state index in [2.05, 4.69) is 22.2 Å². The van der Waals surface area contributed by atoms with Gasteiger partial charge in [-0.25, -0.2) is 9.67 Å². The smallest absolute Gasteiger partial charge is 0.244 e. The Morgan fingerprint density at radius 2 is 2.18 bits per heavy atom. The number of rotatable bonds is 5. The number of carbonyl (C=O) groups is 1. The largest absolute Gasteiger partial charge is 0.497 e. The predicted molar refractivity (Wildman–Crippen MR) is 81.5 cm³/mol. The molecular weight excluding hydrogens is 280 g/mol. The lowest BCUT2D eigenvalue weighted by molar-refractivity contribution is -0.132. The SMILES string of the molecule is COc1ccc(CC2CCCN2C(=O)Cn2cncn2)cc1. The van der Waals surface area contributed by atoms with E-state index in [0.717, 1.165) is 31.6 Å². The van der Waals surface area contributed by atoms with E-state index in [1.165, 1.54) is 11.9 Å². The average molecular weight is 300 g/mol. The van der Waals surface area contributed by atoms with Gasteiger partial charge in [0.05, 0.1) is 7.11 Å². The number of methoxy groups -OCH3 is 1. The van der Waals surface area contributed by atoms with Gasteiger partial charge in [0.2, 0.25) is 5.91 Å². The average Bonchev–Trinajstić information content (AvgIpc) is 3.19. The summed E-state index contributed by atoms with van der Waals surface area (Å²) in [5, 5.41) is 4.00. The number of hydrogen-bond acceptors (Lipinski definition) is 4. The molecular formula is C16H20N4O2. The maximum absolute atomic E-state index is 12.4. The molecule has 1 unspecified atom stereocenters. The minimum atomic E-state index is 0.113. The van der Waals surface area contributed by atoms with Crippen LogP contribution in [0.5, 0.6) is 5.75 Å². The number of hydrogen-bond donors (Lipinski definition) is 0. The first-order valence-corrected chi connectivity index (χ1v) is 7.51. The van der Waals surface area contributed by atoms with Gasteiger partial charge < -0.3 is 9.64 Å². The van der Waals surface area contributed by atoms with Crippen molar-refractivity contribution < 1.29 is 9.53 Å². The Labute approximate surface area is 129 Å². The summed E-state index contributed by atoms with van der Waals surface area (Å²) >= 11 is 0. The Hall–Kier alpha value is -2.37. The molecule has 2 heterocycles. The molecule has 6 heteroatoms. The summed E-state index contributed by atoms with van der Waals surface area (Å²) < 4.78 is 6.75. The van der Waals surface area contributed by atoms with E-state index < -0.39 is 0 Å². The molecule has 3 rings (SSSR count). The molecule has 1 amide bonds. The third-order valence-corrected chi connectivity index (χ3v) is 4.09. The monoisotopic (exact) mass is 300 g/mol. The standard InChI is InChI=1S/C16H20N4O2/c1-22-15-6-4-13(5-7-15)9-14-3-2-8-20(14)16(21)10-19-12-17-11-18-19/h4-7,11-12,14H,2-3,8-10H2,1H3. The normalized spacial score (nSPS) is 17.7. The Bertz CT molecular complexity index is 610. The first-order valence-electron chi connectivity index (χ1n) is 7.51. The van der Waals surface area contributed by atoms with Crippen LogP contribution in [0.3, 0.4) is 0 Å². The number of benzene rings is 1. The maximum Gasteiger partial charge on any atom is 0.244 e. The second-order valence-corrected chi connectivity index (χ2v) is 5.53.